The molecule has 0 aliphatic carbocycles. The molecule has 1 rings (SSSR count). The first-order valence-electron chi connectivity index (χ1n) is 6.02. The number of nitrogen functional groups attached to an aromatic ring is 1. The number of rotatable bonds is 7. The Hall–Kier alpha value is -1.40. The van der Waals surface area contributed by atoms with Gasteiger partial charge in [-0.3, -0.25) is 9.59 Å². The first kappa shape index (κ1) is 16.7. The van der Waals surface area contributed by atoms with Crippen LogP contribution in [0.4, 0.5) is 11.4 Å². The highest BCUT2D eigenvalue weighted by atomic mass is 35.5. The van der Waals surface area contributed by atoms with Gasteiger partial charge in [0.05, 0.1) is 24.9 Å². The minimum absolute atomic E-state index is 0.121. The van der Waals surface area contributed by atoms with Crippen molar-refractivity contribution in [3.63, 3.8) is 0 Å². The third-order valence-corrected chi connectivity index (χ3v) is 3.66. The van der Waals surface area contributed by atoms with Gasteiger partial charge in [0, 0.05) is 22.9 Å². The molecule has 0 heterocycles. The Morgan fingerprint density at radius 3 is 2.70 bits per heavy atom. The van der Waals surface area contributed by atoms with Crippen molar-refractivity contribution in [1.29, 1.82) is 0 Å². The fourth-order valence-electron chi connectivity index (χ4n) is 1.38. The fourth-order valence-corrected chi connectivity index (χ4v) is 2.41. The number of ether oxygens (including phenoxy) is 1. The van der Waals surface area contributed by atoms with Crippen molar-refractivity contribution in [3.8, 4) is 0 Å². The number of methoxy groups -OCH3 is 1. The molecule has 3 N–H and O–H groups in total. The predicted molar refractivity (Wildman–Crippen MR) is 83.1 cm³/mol. The van der Waals surface area contributed by atoms with Gasteiger partial charge in [-0.1, -0.05) is 11.6 Å². The largest absolute Gasteiger partial charge is 0.469 e. The third-order valence-electron chi connectivity index (χ3n) is 2.44. The Bertz CT molecular complexity index is 483. The van der Waals surface area contributed by atoms with Gasteiger partial charge in [-0.05, 0) is 18.2 Å². The molecular formula is C13H17ClN2O3S. The highest BCUT2D eigenvalue weighted by Gasteiger charge is 2.06. The first-order valence-corrected chi connectivity index (χ1v) is 7.55. The van der Waals surface area contributed by atoms with E-state index in [1.165, 1.54) is 18.9 Å². The molecule has 0 aliphatic rings. The summed E-state index contributed by atoms with van der Waals surface area (Å²) in [6.07, 6.45) is 0.709. The summed E-state index contributed by atoms with van der Waals surface area (Å²) in [6.45, 7) is 0. The molecule has 0 bridgehead atoms. The zero-order valence-electron chi connectivity index (χ0n) is 11.1. The minimum Gasteiger partial charge on any atom is -0.469 e. The van der Waals surface area contributed by atoms with Crippen molar-refractivity contribution in [1.82, 2.24) is 0 Å². The highest BCUT2D eigenvalue weighted by Crippen LogP contribution is 2.22. The van der Waals surface area contributed by atoms with Gasteiger partial charge in [-0.2, -0.15) is 11.8 Å². The maximum atomic E-state index is 11.7. The number of halogens is 1. The second-order valence-corrected chi connectivity index (χ2v) is 5.63. The molecule has 0 aromatic heterocycles. The maximum Gasteiger partial charge on any atom is 0.306 e. The summed E-state index contributed by atoms with van der Waals surface area (Å²) in [4.78, 5) is 22.6. The van der Waals surface area contributed by atoms with E-state index in [0.717, 1.165) is 0 Å². The van der Waals surface area contributed by atoms with Crippen LogP contribution < -0.4 is 11.1 Å². The summed E-state index contributed by atoms with van der Waals surface area (Å²) in [5, 5.41) is 3.25. The standard InChI is InChI=1S/C13H17ClN2O3S/c1-19-13(18)5-7-20-6-4-12(17)16-11-3-2-9(14)8-10(11)15/h2-3,8H,4-7,15H2,1H3,(H,16,17). The van der Waals surface area contributed by atoms with Crippen molar-refractivity contribution in [2.75, 3.05) is 29.7 Å². The van der Waals surface area contributed by atoms with Crippen molar-refractivity contribution >= 4 is 46.6 Å². The summed E-state index contributed by atoms with van der Waals surface area (Å²) >= 11 is 7.30. The van der Waals surface area contributed by atoms with Crippen LogP contribution >= 0.6 is 23.4 Å². The van der Waals surface area contributed by atoms with Crippen molar-refractivity contribution in [3.05, 3.63) is 23.2 Å². The third kappa shape index (κ3) is 6.16. The van der Waals surface area contributed by atoms with Crippen LogP contribution in [0.5, 0.6) is 0 Å². The van der Waals surface area contributed by atoms with Gasteiger partial charge in [0.25, 0.3) is 0 Å². The van der Waals surface area contributed by atoms with Crippen LogP contribution in [0.3, 0.4) is 0 Å². The number of esters is 1. The Balaban J connectivity index is 2.25. The number of amides is 1. The van der Waals surface area contributed by atoms with Crippen molar-refractivity contribution < 1.29 is 14.3 Å². The summed E-state index contributed by atoms with van der Waals surface area (Å²) in [7, 11) is 1.36. The number of hydrogen-bond acceptors (Lipinski definition) is 5. The zero-order chi connectivity index (χ0) is 15.0. The van der Waals surface area contributed by atoms with E-state index in [-0.39, 0.29) is 11.9 Å². The van der Waals surface area contributed by atoms with E-state index in [2.05, 4.69) is 10.1 Å². The van der Waals surface area contributed by atoms with E-state index in [1.807, 2.05) is 0 Å². The lowest BCUT2D eigenvalue weighted by Crippen LogP contribution is -2.13. The predicted octanol–water partition coefficient (Wildman–Crippen LogP) is 2.55. The normalized spacial score (nSPS) is 10.1. The fraction of sp³-hybridized carbons (Fsp3) is 0.385. The number of carbonyl (C=O) groups is 2. The van der Waals surface area contributed by atoms with Gasteiger partial charge in [-0.15, -0.1) is 0 Å². The number of nitrogens with one attached hydrogen (secondary N) is 1. The summed E-state index contributed by atoms with van der Waals surface area (Å²) < 4.78 is 4.52. The minimum atomic E-state index is -0.240. The summed E-state index contributed by atoms with van der Waals surface area (Å²) in [5.41, 5.74) is 6.73. The molecule has 110 valence electrons. The monoisotopic (exact) mass is 316 g/mol. The van der Waals surface area contributed by atoms with Crippen LogP contribution in [0.2, 0.25) is 5.02 Å². The Labute approximate surface area is 127 Å². The molecule has 0 fully saturated rings. The maximum absolute atomic E-state index is 11.7. The molecule has 0 aliphatic heterocycles. The molecule has 1 aromatic carbocycles. The van der Waals surface area contributed by atoms with E-state index in [1.54, 1.807) is 18.2 Å². The highest BCUT2D eigenvalue weighted by molar-refractivity contribution is 7.99. The number of anilines is 2. The van der Waals surface area contributed by atoms with Crippen LogP contribution in [-0.4, -0.2) is 30.5 Å². The first-order chi connectivity index (χ1) is 9.52. The van der Waals surface area contributed by atoms with E-state index in [0.29, 0.717) is 40.7 Å². The quantitative estimate of drug-likeness (QED) is 0.459. The van der Waals surface area contributed by atoms with Gasteiger partial charge in [0.1, 0.15) is 0 Å². The average Bonchev–Trinajstić information content (AvgIpc) is 2.41. The average molecular weight is 317 g/mol. The van der Waals surface area contributed by atoms with Crippen LogP contribution in [-0.2, 0) is 14.3 Å². The van der Waals surface area contributed by atoms with Crippen LogP contribution in [0.15, 0.2) is 18.2 Å². The smallest absolute Gasteiger partial charge is 0.306 e. The van der Waals surface area contributed by atoms with Gasteiger partial charge < -0.3 is 15.8 Å². The van der Waals surface area contributed by atoms with Crippen LogP contribution in [0.1, 0.15) is 12.8 Å². The van der Waals surface area contributed by atoms with E-state index >= 15 is 0 Å². The molecule has 0 saturated carbocycles. The zero-order valence-corrected chi connectivity index (χ0v) is 12.7. The number of thioether (sulfide) groups is 1. The van der Waals surface area contributed by atoms with Gasteiger partial charge in [0.2, 0.25) is 5.91 Å². The second-order valence-electron chi connectivity index (χ2n) is 3.97. The number of carbonyl (C=O) groups excluding carboxylic acids is 2. The summed E-state index contributed by atoms with van der Waals surface area (Å²) in [6, 6.07) is 4.92. The molecule has 7 heteroatoms. The van der Waals surface area contributed by atoms with E-state index in [9.17, 15) is 9.59 Å². The lowest BCUT2D eigenvalue weighted by atomic mass is 10.2. The van der Waals surface area contributed by atoms with Crippen LogP contribution in [0, 0.1) is 0 Å². The number of benzene rings is 1. The number of nitrogens with two attached hydrogens (primary N) is 1. The van der Waals surface area contributed by atoms with Crippen LogP contribution in [0.25, 0.3) is 0 Å². The molecule has 20 heavy (non-hydrogen) atoms. The Kier molecular flexibility index (Phi) is 7.25. The second kappa shape index (κ2) is 8.71. The molecule has 5 nitrogen and oxygen atoms in total. The molecule has 0 saturated heterocycles. The molecule has 0 atom stereocenters. The molecule has 0 radical (unpaired) electrons. The molecular weight excluding hydrogens is 300 g/mol. The molecule has 0 unspecified atom stereocenters. The van der Waals surface area contributed by atoms with E-state index in [4.69, 9.17) is 17.3 Å². The van der Waals surface area contributed by atoms with Gasteiger partial charge in [0.15, 0.2) is 0 Å². The van der Waals surface area contributed by atoms with Crippen molar-refractivity contribution in [2.45, 2.75) is 12.8 Å². The molecule has 1 aromatic rings. The molecule has 0 spiro atoms. The summed E-state index contributed by atoms with van der Waals surface area (Å²) in [5.74, 6) is 0.916. The van der Waals surface area contributed by atoms with Gasteiger partial charge in [-0.25, -0.2) is 0 Å². The number of hydrogen-bond donors (Lipinski definition) is 2. The van der Waals surface area contributed by atoms with Crippen molar-refractivity contribution in [2.24, 2.45) is 0 Å². The Morgan fingerprint density at radius 1 is 1.35 bits per heavy atom. The Morgan fingerprint density at radius 2 is 2.05 bits per heavy atom. The lowest BCUT2D eigenvalue weighted by molar-refractivity contribution is -0.140. The lowest BCUT2D eigenvalue weighted by Gasteiger charge is -2.08. The topological polar surface area (TPSA) is 81.4 Å². The SMILES string of the molecule is COC(=O)CCSCCC(=O)Nc1ccc(Cl)cc1N. The molecule has 1 amide bonds. The van der Waals surface area contributed by atoms with Gasteiger partial charge >= 0.3 is 5.97 Å². The van der Waals surface area contributed by atoms with E-state index < -0.39 is 0 Å².